The van der Waals surface area contributed by atoms with Gasteiger partial charge in [-0.15, -0.1) is 0 Å². The number of para-hydroxylation sites is 2. The molecule has 4 rings (SSSR count). The highest BCUT2D eigenvalue weighted by Gasteiger charge is 2.32. The van der Waals surface area contributed by atoms with E-state index in [1.54, 1.807) is 25.4 Å². The predicted molar refractivity (Wildman–Crippen MR) is 123 cm³/mol. The molecule has 1 aromatic carbocycles. The van der Waals surface area contributed by atoms with Gasteiger partial charge < -0.3 is 15.0 Å². The molecule has 2 aromatic rings. The van der Waals surface area contributed by atoms with Crippen molar-refractivity contribution in [2.75, 3.05) is 19.0 Å². The fourth-order valence-corrected chi connectivity index (χ4v) is 4.91. The van der Waals surface area contributed by atoms with Crippen molar-refractivity contribution >= 4 is 17.5 Å². The third-order valence-electron chi connectivity index (χ3n) is 6.71. The Kier molecular flexibility index (Phi) is 7.02. The van der Waals surface area contributed by atoms with Crippen LogP contribution in [0.1, 0.15) is 79.3 Å². The summed E-state index contributed by atoms with van der Waals surface area (Å²) in [5.74, 6) is 1.85. The smallest absolute Gasteiger partial charge is 0.259 e. The minimum atomic E-state index is -0.283. The molecular formula is C25H32N4O3. The Morgan fingerprint density at radius 1 is 1.16 bits per heavy atom. The Bertz CT molecular complexity index is 971. The molecule has 0 unspecified atom stereocenters. The minimum Gasteiger partial charge on any atom is -0.495 e. The number of aromatic nitrogens is 2. The van der Waals surface area contributed by atoms with E-state index in [4.69, 9.17) is 4.74 Å². The number of carbonyl (C=O) groups is 2. The molecule has 1 aliphatic heterocycles. The van der Waals surface area contributed by atoms with E-state index < -0.39 is 0 Å². The second-order valence-corrected chi connectivity index (χ2v) is 8.82. The van der Waals surface area contributed by atoms with Crippen LogP contribution in [-0.2, 0) is 4.79 Å². The van der Waals surface area contributed by atoms with Gasteiger partial charge in [0.1, 0.15) is 5.75 Å². The average molecular weight is 437 g/mol. The number of nitrogens with one attached hydrogen (secondary N) is 1. The first kappa shape index (κ1) is 22.2. The second kappa shape index (κ2) is 10.1. The molecule has 1 aliphatic carbocycles. The van der Waals surface area contributed by atoms with Crippen LogP contribution in [0.4, 0.5) is 5.69 Å². The van der Waals surface area contributed by atoms with Crippen LogP contribution in [0.15, 0.2) is 30.5 Å². The Morgan fingerprint density at radius 3 is 2.69 bits per heavy atom. The SMILES string of the molecule is COc1ccccc1NC(=O)c1cnc([C@@H]2CCCN2C(=O)CCC2CCCC2)nc1C. The summed E-state index contributed by atoms with van der Waals surface area (Å²) >= 11 is 0. The molecule has 0 radical (unpaired) electrons. The molecule has 2 amide bonds. The average Bonchev–Trinajstić information content (AvgIpc) is 3.50. The van der Waals surface area contributed by atoms with E-state index in [1.165, 1.54) is 25.7 Å². The standard InChI is InChI=1S/C25H32N4O3/c1-17-19(25(31)28-20-10-5-6-12-22(20)32-2)16-26-24(27-17)21-11-7-15-29(21)23(30)14-13-18-8-3-4-9-18/h5-6,10,12,16,18,21H,3-4,7-9,11,13-15H2,1-2H3,(H,28,31)/t21-/m0/s1. The zero-order chi connectivity index (χ0) is 22.5. The van der Waals surface area contributed by atoms with Crippen LogP contribution in [-0.4, -0.2) is 40.3 Å². The number of likely N-dealkylation sites (tertiary alicyclic amines) is 1. The van der Waals surface area contributed by atoms with Gasteiger partial charge in [-0.05, 0) is 44.2 Å². The number of amides is 2. The highest BCUT2D eigenvalue weighted by atomic mass is 16.5. The van der Waals surface area contributed by atoms with Gasteiger partial charge in [-0.2, -0.15) is 0 Å². The highest BCUT2D eigenvalue weighted by Crippen LogP contribution is 2.33. The Morgan fingerprint density at radius 2 is 1.94 bits per heavy atom. The number of benzene rings is 1. The number of hydrogen-bond donors (Lipinski definition) is 1. The van der Waals surface area contributed by atoms with E-state index in [2.05, 4.69) is 15.3 Å². The van der Waals surface area contributed by atoms with Crippen molar-refractivity contribution in [2.24, 2.45) is 5.92 Å². The minimum absolute atomic E-state index is 0.101. The summed E-state index contributed by atoms with van der Waals surface area (Å²) in [4.78, 5) is 36.8. The van der Waals surface area contributed by atoms with Gasteiger partial charge in [-0.1, -0.05) is 37.8 Å². The van der Waals surface area contributed by atoms with Crippen LogP contribution in [0.2, 0.25) is 0 Å². The molecule has 32 heavy (non-hydrogen) atoms. The maximum Gasteiger partial charge on any atom is 0.259 e. The number of rotatable bonds is 7. The molecule has 2 heterocycles. The molecular weight excluding hydrogens is 404 g/mol. The van der Waals surface area contributed by atoms with Crippen molar-refractivity contribution in [1.29, 1.82) is 0 Å². The largest absolute Gasteiger partial charge is 0.495 e. The topological polar surface area (TPSA) is 84.4 Å². The highest BCUT2D eigenvalue weighted by molar-refractivity contribution is 6.05. The van der Waals surface area contributed by atoms with Crippen LogP contribution in [0.5, 0.6) is 5.75 Å². The first-order chi connectivity index (χ1) is 15.6. The van der Waals surface area contributed by atoms with Crippen LogP contribution in [0, 0.1) is 12.8 Å². The van der Waals surface area contributed by atoms with Crippen molar-refractivity contribution in [3.63, 3.8) is 0 Å². The molecule has 1 aromatic heterocycles. The lowest BCUT2D eigenvalue weighted by Crippen LogP contribution is -2.32. The first-order valence-corrected chi connectivity index (χ1v) is 11.6. The molecule has 170 valence electrons. The van der Waals surface area contributed by atoms with Crippen molar-refractivity contribution in [1.82, 2.24) is 14.9 Å². The molecule has 2 aliphatic rings. The molecule has 1 N–H and O–H groups in total. The van der Waals surface area contributed by atoms with Crippen molar-refractivity contribution in [3.05, 3.63) is 47.5 Å². The Labute approximate surface area is 189 Å². The number of carbonyl (C=O) groups excluding carboxylic acids is 2. The normalized spacial score (nSPS) is 18.7. The summed E-state index contributed by atoms with van der Waals surface area (Å²) in [6.07, 6.45) is 10.1. The lowest BCUT2D eigenvalue weighted by atomic mass is 10.0. The summed E-state index contributed by atoms with van der Waals surface area (Å²) in [7, 11) is 1.57. The van der Waals surface area contributed by atoms with Gasteiger partial charge in [0.05, 0.1) is 30.1 Å². The fourth-order valence-electron chi connectivity index (χ4n) is 4.91. The Balaban J connectivity index is 1.43. The zero-order valence-electron chi connectivity index (χ0n) is 19.0. The van der Waals surface area contributed by atoms with Crippen LogP contribution in [0.25, 0.3) is 0 Å². The lowest BCUT2D eigenvalue weighted by molar-refractivity contribution is -0.132. The summed E-state index contributed by atoms with van der Waals surface area (Å²) in [5, 5.41) is 2.87. The molecule has 1 saturated carbocycles. The summed E-state index contributed by atoms with van der Waals surface area (Å²) in [6, 6.07) is 7.16. The molecule has 7 heteroatoms. The second-order valence-electron chi connectivity index (χ2n) is 8.82. The summed E-state index contributed by atoms with van der Waals surface area (Å²) < 4.78 is 5.30. The van der Waals surface area contributed by atoms with E-state index in [-0.39, 0.29) is 17.9 Å². The van der Waals surface area contributed by atoms with E-state index >= 15 is 0 Å². The monoisotopic (exact) mass is 436 g/mol. The third kappa shape index (κ3) is 4.92. The van der Waals surface area contributed by atoms with Crippen LogP contribution in [0.3, 0.4) is 0 Å². The fraction of sp³-hybridized carbons (Fsp3) is 0.520. The van der Waals surface area contributed by atoms with E-state index in [1.807, 2.05) is 24.0 Å². The van der Waals surface area contributed by atoms with Crippen LogP contribution < -0.4 is 10.1 Å². The number of nitrogens with zero attached hydrogens (tertiary/aromatic N) is 3. The van der Waals surface area contributed by atoms with Crippen molar-refractivity contribution in [2.45, 2.75) is 64.3 Å². The number of anilines is 1. The van der Waals surface area contributed by atoms with E-state index in [9.17, 15) is 9.59 Å². The molecule has 0 spiro atoms. The molecule has 1 atom stereocenters. The van der Waals surface area contributed by atoms with Crippen LogP contribution >= 0.6 is 0 Å². The third-order valence-corrected chi connectivity index (χ3v) is 6.71. The maximum absolute atomic E-state index is 12.9. The van der Waals surface area contributed by atoms with Gasteiger partial charge in [0, 0.05) is 19.2 Å². The van der Waals surface area contributed by atoms with Gasteiger partial charge in [-0.25, -0.2) is 9.97 Å². The lowest BCUT2D eigenvalue weighted by Gasteiger charge is -2.24. The quantitative estimate of drug-likeness (QED) is 0.681. The number of ether oxygens (including phenoxy) is 1. The molecule has 0 bridgehead atoms. The van der Waals surface area contributed by atoms with Gasteiger partial charge in [0.2, 0.25) is 5.91 Å². The van der Waals surface area contributed by atoms with Gasteiger partial charge in [0.25, 0.3) is 5.91 Å². The number of methoxy groups -OCH3 is 1. The van der Waals surface area contributed by atoms with E-state index in [0.717, 1.165) is 25.8 Å². The zero-order valence-corrected chi connectivity index (χ0v) is 19.0. The van der Waals surface area contributed by atoms with Crippen molar-refractivity contribution < 1.29 is 14.3 Å². The number of hydrogen-bond acceptors (Lipinski definition) is 5. The predicted octanol–water partition coefficient (Wildman–Crippen LogP) is 4.68. The summed E-state index contributed by atoms with van der Waals surface area (Å²) in [5.41, 5.74) is 1.61. The molecule has 7 nitrogen and oxygen atoms in total. The summed E-state index contributed by atoms with van der Waals surface area (Å²) in [6.45, 7) is 2.57. The van der Waals surface area contributed by atoms with E-state index in [0.29, 0.717) is 40.9 Å². The molecule has 1 saturated heterocycles. The first-order valence-electron chi connectivity index (χ1n) is 11.6. The maximum atomic E-state index is 12.9. The van der Waals surface area contributed by atoms with Gasteiger partial charge >= 0.3 is 0 Å². The van der Waals surface area contributed by atoms with Gasteiger partial charge in [-0.3, -0.25) is 9.59 Å². The van der Waals surface area contributed by atoms with Gasteiger partial charge in [0.15, 0.2) is 5.82 Å². The Hall–Kier alpha value is -2.96. The number of aryl methyl sites for hydroxylation is 1. The van der Waals surface area contributed by atoms with Crippen molar-refractivity contribution in [3.8, 4) is 5.75 Å². The molecule has 2 fully saturated rings.